The van der Waals surface area contributed by atoms with Gasteiger partial charge in [0.25, 0.3) is 0 Å². The van der Waals surface area contributed by atoms with E-state index in [0.717, 1.165) is 44.6 Å². The molecule has 0 saturated heterocycles. The molecular weight excluding hydrogens is 775 g/mol. The number of hydrogen-bond donors (Lipinski definition) is 0. The number of benzene rings is 10. The van der Waals surface area contributed by atoms with Crippen molar-refractivity contribution in [2.45, 2.75) is 10.8 Å². The lowest BCUT2D eigenvalue weighted by Gasteiger charge is -2.36. The minimum absolute atomic E-state index is 0.544. The first-order valence-electron chi connectivity index (χ1n) is 22.2. The first-order chi connectivity index (χ1) is 31.8. The van der Waals surface area contributed by atoms with Crippen molar-refractivity contribution >= 4 is 39.0 Å². The van der Waals surface area contributed by atoms with Crippen LogP contribution in [0.2, 0.25) is 0 Å². The molecule has 0 radical (unpaired) electrons. The Hall–Kier alpha value is -8.20. The van der Waals surface area contributed by atoms with Crippen LogP contribution in [-0.2, 0) is 10.8 Å². The smallest absolute Gasteiger partial charge is 0.140 e. The second kappa shape index (κ2) is 14.2. The molecule has 2 aliphatic carbocycles. The number of para-hydroxylation sites is 2. The van der Waals surface area contributed by atoms with Crippen molar-refractivity contribution in [3.8, 4) is 22.3 Å². The van der Waals surface area contributed by atoms with E-state index in [0.29, 0.717) is 0 Å². The Balaban J connectivity index is 1.17. The predicted octanol–water partition coefficient (Wildman–Crippen LogP) is 15.8. The number of fused-ring (bicyclic) bond motifs is 9. The lowest BCUT2D eigenvalue weighted by atomic mass is 9.67. The molecule has 0 amide bonds. The molecule has 10 aromatic carbocycles. The van der Waals surface area contributed by atoms with Crippen molar-refractivity contribution in [1.29, 1.82) is 0 Å². The van der Waals surface area contributed by atoms with Gasteiger partial charge >= 0.3 is 0 Å². The predicted molar refractivity (Wildman–Crippen MR) is 263 cm³/mol. The van der Waals surface area contributed by atoms with Gasteiger partial charge in [0, 0.05) is 33.3 Å². The molecule has 1 aromatic heterocycles. The summed E-state index contributed by atoms with van der Waals surface area (Å²) in [7, 11) is 0. The van der Waals surface area contributed by atoms with Gasteiger partial charge in [0.05, 0.1) is 16.5 Å². The number of nitrogens with zero attached hydrogens (tertiary/aromatic N) is 1. The molecule has 13 rings (SSSR count). The lowest BCUT2D eigenvalue weighted by molar-refractivity contribution is 0.648. The fraction of sp³-hybridized carbons (Fsp3) is 0.0323. The van der Waals surface area contributed by atoms with Crippen LogP contribution in [0.4, 0.5) is 17.1 Å². The highest BCUT2D eigenvalue weighted by Crippen LogP contribution is 2.61. The topological polar surface area (TPSA) is 16.4 Å². The second-order valence-electron chi connectivity index (χ2n) is 17.1. The van der Waals surface area contributed by atoms with Gasteiger partial charge in [0.2, 0.25) is 0 Å². The third-order valence-corrected chi connectivity index (χ3v) is 14.0. The third-order valence-electron chi connectivity index (χ3n) is 14.0. The Kier molecular flexibility index (Phi) is 8.07. The van der Waals surface area contributed by atoms with Gasteiger partial charge in [-0.25, -0.2) is 0 Å². The summed E-state index contributed by atoms with van der Waals surface area (Å²) in [6.07, 6.45) is 0. The van der Waals surface area contributed by atoms with E-state index in [1.165, 1.54) is 61.2 Å². The van der Waals surface area contributed by atoms with Gasteiger partial charge < -0.3 is 9.32 Å². The zero-order valence-electron chi connectivity index (χ0n) is 35.0. The number of hydrogen-bond acceptors (Lipinski definition) is 2. The summed E-state index contributed by atoms with van der Waals surface area (Å²) in [6.45, 7) is 0. The van der Waals surface area contributed by atoms with Crippen LogP contribution in [0.5, 0.6) is 0 Å². The molecule has 0 unspecified atom stereocenters. The Morgan fingerprint density at radius 1 is 0.312 bits per heavy atom. The summed E-state index contributed by atoms with van der Waals surface area (Å²) in [5.41, 5.74) is 18.5. The molecule has 2 heteroatoms. The van der Waals surface area contributed by atoms with Crippen molar-refractivity contribution in [1.82, 2.24) is 0 Å². The molecule has 0 aliphatic heterocycles. The molecule has 0 atom stereocenters. The molecule has 300 valence electrons. The maximum Gasteiger partial charge on any atom is 0.140 e. The van der Waals surface area contributed by atoms with Gasteiger partial charge in [-0.3, -0.25) is 0 Å². The van der Waals surface area contributed by atoms with Crippen LogP contribution in [0.1, 0.15) is 44.5 Å². The number of rotatable bonds is 7. The summed E-state index contributed by atoms with van der Waals surface area (Å²) in [5, 5.41) is 2.17. The Labute approximate surface area is 373 Å². The molecular formula is C62H41NO. The highest BCUT2D eigenvalue weighted by Gasteiger charge is 2.49. The van der Waals surface area contributed by atoms with Gasteiger partial charge in [-0.1, -0.05) is 212 Å². The van der Waals surface area contributed by atoms with Crippen molar-refractivity contribution in [3.63, 3.8) is 0 Å². The molecule has 0 spiro atoms. The molecule has 0 saturated carbocycles. The molecule has 11 aromatic rings. The summed E-state index contributed by atoms with van der Waals surface area (Å²) >= 11 is 0. The van der Waals surface area contributed by atoms with Gasteiger partial charge in [0.1, 0.15) is 11.2 Å². The van der Waals surface area contributed by atoms with E-state index >= 15 is 0 Å². The standard InChI is InChI=1S/C62H41NO/c1-5-22-42(23-6-1)61(43-24-7-2-8-25-43)54-36-19-15-33-50(54)59-55(61)37-21-38-57(59)63(45-28-11-4-12-29-45)46-40-51-49-32-16-20-39-58(49)64-60(51)56(41-46)62(44-26-9-3-10-27-44)52-34-17-13-30-47(52)48-31-14-18-35-53(48)62/h1-41H. The van der Waals surface area contributed by atoms with Gasteiger partial charge in [0.15, 0.2) is 0 Å². The van der Waals surface area contributed by atoms with E-state index in [1.54, 1.807) is 0 Å². The largest absolute Gasteiger partial charge is 0.456 e. The average Bonchev–Trinajstić information content (AvgIpc) is 4.01. The zero-order chi connectivity index (χ0) is 42.2. The molecule has 0 bridgehead atoms. The highest BCUT2D eigenvalue weighted by molar-refractivity contribution is 6.10. The minimum atomic E-state index is -0.694. The van der Waals surface area contributed by atoms with E-state index in [4.69, 9.17) is 4.42 Å². The van der Waals surface area contributed by atoms with Gasteiger partial charge in [-0.15, -0.1) is 0 Å². The van der Waals surface area contributed by atoms with E-state index in [2.05, 4.69) is 254 Å². The van der Waals surface area contributed by atoms with Gasteiger partial charge in [-0.05, 0) is 92.0 Å². The van der Waals surface area contributed by atoms with Crippen molar-refractivity contribution < 1.29 is 4.42 Å². The van der Waals surface area contributed by atoms with Gasteiger partial charge in [-0.2, -0.15) is 0 Å². The summed E-state index contributed by atoms with van der Waals surface area (Å²) in [5.74, 6) is 0. The van der Waals surface area contributed by atoms with Crippen LogP contribution in [0.3, 0.4) is 0 Å². The maximum absolute atomic E-state index is 7.15. The maximum atomic E-state index is 7.15. The van der Waals surface area contributed by atoms with Crippen LogP contribution in [0.15, 0.2) is 253 Å². The quantitative estimate of drug-likeness (QED) is 0.159. The van der Waals surface area contributed by atoms with Crippen LogP contribution >= 0.6 is 0 Å². The first kappa shape index (κ1) is 36.5. The van der Waals surface area contributed by atoms with E-state index in [1.807, 2.05) is 0 Å². The van der Waals surface area contributed by atoms with Crippen molar-refractivity contribution in [3.05, 3.63) is 293 Å². The lowest BCUT2D eigenvalue weighted by Crippen LogP contribution is -2.29. The first-order valence-corrected chi connectivity index (χ1v) is 22.2. The number of furan rings is 1. The van der Waals surface area contributed by atoms with Crippen LogP contribution in [0, 0.1) is 0 Å². The summed E-state index contributed by atoms with van der Waals surface area (Å²) in [6, 6.07) is 91.3. The van der Waals surface area contributed by atoms with Crippen molar-refractivity contribution in [2.75, 3.05) is 4.90 Å². The Morgan fingerprint density at radius 2 is 0.781 bits per heavy atom. The van der Waals surface area contributed by atoms with Crippen LogP contribution in [-0.4, -0.2) is 0 Å². The molecule has 2 aliphatic rings. The number of anilines is 3. The molecule has 1 heterocycles. The molecule has 64 heavy (non-hydrogen) atoms. The normalized spacial score (nSPS) is 13.9. The average molecular weight is 816 g/mol. The SMILES string of the molecule is c1ccc(N(c2cc(C3(c4ccccc4)c4ccccc4-c4ccccc43)c3oc4ccccc4c3c2)c2cccc3c2-c2ccccc2C3(c2ccccc2)c2ccccc2)cc1. The second-order valence-corrected chi connectivity index (χ2v) is 17.1. The zero-order valence-corrected chi connectivity index (χ0v) is 35.0. The monoisotopic (exact) mass is 815 g/mol. The van der Waals surface area contributed by atoms with Crippen molar-refractivity contribution in [2.24, 2.45) is 0 Å². The Morgan fingerprint density at radius 3 is 1.39 bits per heavy atom. The fourth-order valence-corrected chi connectivity index (χ4v) is 11.6. The minimum Gasteiger partial charge on any atom is -0.456 e. The molecule has 0 fully saturated rings. The fourth-order valence-electron chi connectivity index (χ4n) is 11.6. The summed E-state index contributed by atoms with van der Waals surface area (Å²) in [4.78, 5) is 2.50. The Bertz CT molecular complexity index is 3470. The van der Waals surface area contributed by atoms with E-state index in [-0.39, 0.29) is 0 Å². The van der Waals surface area contributed by atoms with Crippen LogP contribution < -0.4 is 4.90 Å². The third kappa shape index (κ3) is 4.97. The summed E-state index contributed by atoms with van der Waals surface area (Å²) < 4.78 is 7.15. The van der Waals surface area contributed by atoms with Crippen LogP contribution in [0.25, 0.3) is 44.2 Å². The van der Waals surface area contributed by atoms with E-state index in [9.17, 15) is 0 Å². The highest BCUT2D eigenvalue weighted by atomic mass is 16.3. The molecule has 0 N–H and O–H groups in total. The molecule has 2 nitrogen and oxygen atoms in total. The van der Waals surface area contributed by atoms with E-state index < -0.39 is 10.8 Å².